The minimum atomic E-state index is -1.82. The van der Waals surface area contributed by atoms with Gasteiger partial charge in [-0.15, -0.1) is 0 Å². The topological polar surface area (TPSA) is 106 Å². The molecule has 0 radical (unpaired) electrons. The molecule has 0 rings (SSSR count). The summed E-state index contributed by atoms with van der Waals surface area (Å²) in [4.78, 5) is 18.2. The van der Waals surface area contributed by atoms with E-state index >= 15 is 0 Å². The Kier molecular flexibility index (Phi) is 28.4. The molecule has 0 saturated heterocycles. The van der Waals surface area contributed by atoms with Crippen LogP contribution in [-0.2, 0) is 9.59 Å². The van der Waals surface area contributed by atoms with Crippen molar-refractivity contribution in [2.24, 2.45) is 0 Å². The van der Waals surface area contributed by atoms with Crippen LogP contribution in [0.5, 0.6) is 0 Å². The van der Waals surface area contributed by atoms with Crippen LogP contribution in [0, 0.1) is 0 Å². The van der Waals surface area contributed by atoms with E-state index in [1.807, 2.05) is 0 Å². The van der Waals surface area contributed by atoms with Crippen LogP contribution in [0.25, 0.3) is 0 Å². The molecule has 50 valence electrons. The first kappa shape index (κ1) is 22.7. The molecule has 5 nitrogen and oxygen atoms in total. The molecule has 0 aromatic carbocycles. The Morgan fingerprint density at radius 1 is 1.11 bits per heavy atom. The molecule has 0 aromatic rings. The summed E-state index contributed by atoms with van der Waals surface area (Å²) in [5.41, 5.74) is 0. The third-order valence-electron chi connectivity index (χ3n) is 0.183. The van der Waals surface area contributed by atoms with Crippen LogP contribution in [0.1, 0.15) is 1.43 Å². The largest absolute Gasteiger partial charge is 1.00 e. The molecule has 0 spiro atoms. The Balaban J connectivity index is -0.0000000208. The zero-order valence-electron chi connectivity index (χ0n) is 5.21. The monoisotopic (exact) mass is 162 g/mol. The van der Waals surface area contributed by atoms with Crippen LogP contribution >= 0.6 is 0 Å². The standard InChI is InChI=1S/C2H2O4.Al.Na.H2O.4H/c3-1(4)2(5)6;;;;;;;/h(H,3,4)(H,5,6);;;1H2;;;;/q;;+1;;;;;-1. The Bertz CT molecular complexity index is 85.6. The van der Waals surface area contributed by atoms with Gasteiger partial charge in [0, 0.05) is 0 Å². The second kappa shape index (κ2) is 11.3. The fourth-order valence-corrected chi connectivity index (χ4v) is 0. The number of aliphatic carboxylic acids is 2. The zero-order valence-corrected chi connectivity index (χ0v) is 6.21. The van der Waals surface area contributed by atoms with Gasteiger partial charge in [-0.1, -0.05) is 0 Å². The van der Waals surface area contributed by atoms with Gasteiger partial charge in [-0.05, 0) is 0 Å². The van der Waals surface area contributed by atoms with E-state index in [2.05, 4.69) is 0 Å². The van der Waals surface area contributed by atoms with Gasteiger partial charge in [-0.25, -0.2) is 9.59 Å². The SMILES string of the molecule is O.O=C(O)C(=O)O.[AlH3].[H-].[Na+]. The summed E-state index contributed by atoms with van der Waals surface area (Å²) < 4.78 is 0. The first-order chi connectivity index (χ1) is 2.64. The molecule has 0 aliphatic carbocycles. The quantitative estimate of drug-likeness (QED) is 0.273. The Morgan fingerprint density at radius 2 is 1.22 bits per heavy atom. The van der Waals surface area contributed by atoms with Crippen LogP contribution in [0.3, 0.4) is 0 Å². The van der Waals surface area contributed by atoms with E-state index < -0.39 is 11.9 Å². The molecule has 0 atom stereocenters. The number of rotatable bonds is 0. The second-order valence-electron chi connectivity index (χ2n) is 0.610. The van der Waals surface area contributed by atoms with Gasteiger partial charge in [0.2, 0.25) is 0 Å². The van der Waals surface area contributed by atoms with E-state index in [-0.39, 0.29) is 53.8 Å². The fourth-order valence-electron chi connectivity index (χ4n) is 0. The molecule has 9 heavy (non-hydrogen) atoms. The molecule has 7 heteroatoms. The molecular weight excluding hydrogens is 154 g/mol. The average molecular weight is 162 g/mol. The van der Waals surface area contributed by atoms with E-state index in [9.17, 15) is 0 Å². The van der Waals surface area contributed by atoms with E-state index in [1.54, 1.807) is 0 Å². The molecule has 0 heterocycles. The molecule has 0 unspecified atom stereocenters. The van der Waals surface area contributed by atoms with Crippen molar-refractivity contribution in [2.45, 2.75) is 0 Å². The zero-order chi connectivity index (χ0) is 5.15. The number of carboxylic acids is 2. The van der Waals surface area contributed by atoms with Gasteiger partial charge in [0.1, 0.15) is 0 Å². The predicted molar refractivity (Wildman–Crippen MR) is 29.9 cm³/mol. The minimum Gasteiger partial charge on any atom is -1.00 e. The third kappa shape index (κ3) is 17.8. The van der Waals surface area contributed by atoms with E-state index in [4.69, 9.17) is 19.8 Å². The van der Waals surface area contributed by atoms with Crippen molar-refractivity contribution in [1.82, 2.24) is 0 Å². The number of hydrogen-bond acceptors (Lipinski definition) is 2. The third-order valence-corrected chi connectivity index (χ3v) is 0.183. The molecular formula is C2H8AlNaO5. The van der Waals surface area contributed by atoms with Gasteiger partial charge in [-0.3, -0.25) is 0 Å². The Hall–Kier alpha value is 0.432. The molecule has 0 amide bonds. The normalized spacial score (nSPS) is 4.89. The molecule has 0 bridgehead atoms. The minimum absolute atomic E-state index is 0. The van der Waals surface area contributed by atoms with Gasteiger partial charge in [0.15, 0.2) is 17.4 Å². The van der Waals surface area contributed by atoms with Gasteiger partial charge >= 0.3 is 41.5 Å². The number of carbonyl (C=O) groups is 2. The van der Waals surface area contributed by atoms with Crippen molar-refractivity contribution in [1.29, 1.82) is 0 Å². The van der Waals surface area contributed by atoms with E-state index in [1.165, 1.54) is 0 Å². The maximum absolute atomic E-state index is 9.10. The van der Waals surface area contributed by atoms with E-state index in [0.29, 0.717) is 0 Å². The second-order valence-corrected chi connectivity index (χ2v) is 0.610. The van der Waals surface area contributed by atoms with E-state index in [0.717, 1.165) is 0 Å². The van der Waals surface area contributed by atoms with Gasteiger partial charge < -0.3 is 17.1 Å². The van der Waals surface area contributed by atoms with Crippen molar-refractivity contribution in [2.75, 3.05) is 0 Å². The van der Waals surface area contributed by atoms with Gasteiger partial charge in [-0.2, -0.15) is 0 Å². The van der Waals surface area contributed by atoms with Crippen LogP contribution in [0.15, 0.2) is 0 Å². The van der Waals surface area contributed by atoms with Crippen LogP contribution in [-0.4, -0.2) is 45.0 Å². The average Bonchev–Trinajstić information content (AvgIpc) is 1.36. The molecule has 4 N–H and O–H groups in total. The van der Waals surface area contributed by atoms with Crippen molar-refractivity contribution in [3.8, 4) is 0 Å². The molecule has 0 aromatic heterocycles. The predicted octanol–water partition coefficient (Wildman–Crippen LogP) is -5.74. The first-order valence-corrected chi connectivity index (χ1v) is 1.11. The van der Waals surface area contributed by atoms with Crippen molar-refractivity contribution < 1.29 is 56.3 Å². The van der Waals surface area contributed by atoms with Crippen molar-refractivity contribution in [3.05, 3.63) is 0 Å². The number of hydrogen-bond donors (Lipinski definition) is 2. The smallest absolute Gasteiger partial charge is 1.00 e. The van der Waals surface area contributed by atoms with Gasteiger partial charge in [0.25, 0.3) is 0 Å². The molecule has 0 aliphatic heterocycles. The summed E-state index contributed by atoms with van der Waals surface area (Å²) in [7, 11) is 0. The molecule has 0 fully saturated rings. The van der Waals surface area contributed by atoms with Gasteiger partial charge in [0.05, 0.1) is 0 Å². The van der Waals surface area contributed by atoms with Crippen molar-refractivity contribution >= 4 is 29.3 Å². The first-order valence-electron chi connectivity index (χ1n) is 1.11. The molecule has 0 aliphatic rings. The van der Waals surface area contributed by atoms with Crippen LogP contribution in [0.2, 0.25) is 0 Å². The van der Waals surface area contributed by atoms with Crippen molar-refractivity contribution in [3.63, 3.8) is 0 Å². The van der Waals surface area contributed by atoms with Crippen LogP contribution < -0.4 is 29.6 Å². The summed E-state index contributed by atoms with van der Waals surface area (Å²) in [5.74, 6) is -3.65. The summed E-state index contributed by atoms with van der Waals surface area (Å²) in [6.45, 7) is 0. The fraction of sp³-hybridized carbons (Fsp3) is 0. The number of carboxylic acid groups (broad SMARTS) is 2. The Morgan fingerprint density at radius 3 is 1.22 bits per heavy atom. The Labute approximate surface area is 85.3 Å². The van der Waals surface area contributed by atoms with Crippen LogP contribution in [0.4, 0.5) is 0 Å². The molecule has 0 saturated carbocycles. The maximum atomic E-state index is 9.10. The summed E-state index contributed by atoms with van der Waals surface area (Å²) >= 11 is 0. The summed E-state index contributed by atoms with van der Waals surface area (Å²) in [5, 5.41) is 14.8. The summed E-state index contributed by atoms with van der Waals surface area (Å²) in [6, 6.07) is 0. The maximum Gasteiger partial charge on any atom is 1.00 e. The summed E-state index contributed by atoms with van der Waals surface area (Å²) in [6.07, 6.45) is 0.